The monoisotopic (exact) mass is 320 g/mol. The fourth-order valence-electron chi connectivity index (χ4n) is 2.92. The van der Waals surface area contributed by atoms with Gasteiger partial charge >= 0.3 is 0 Å². The molecule has 1 aromatic carbocycles. The van der Waals surface area contributed by atoms with Gasteiger partial charge in [-0.1, -0.05) is 6.92 Å². The Morgan fingerprint density at radius 3 is 2.83 bits per heavy atom. The first-order valence-electron chi connectivity index (χ1n) is 8.26. The number of hydrogen-bond acceptors (Lipinski definition) is 4. The summed E-state index contributed by atoms with van der Waals surface area (Å²) in [6.45, 7) is 7.13. The lowest BCUT2D eigenvalue weighted by Gasteiger charge is -1.99. The average Bonchev–Trinajstić information content (AvgIpc) is 3.12. The van der Waals surface area contributed by atoms with Crippen molar-refractivity contribution in [1.29, 1.82) is 0 Å². The number of hydrogen-bond donors (Lipinski definition) is 1. The van der Waals surface area contributed by atoms with Crippen molar-refractivity contribution in [1.82, 2.24) is 14.4 Å². The van der Waals surface area contributed by atoms with E-state index >= 15 is 0 Å². The molecule has 0 saturated heterocycles. The maximum absolute atomic E-state index is 5.72. The molecule has 4 rings (SSSR count). The van der Waals surface area contributed by atoms with Crippen LogP contribution in [0.5, 0.6) is 0 Å². The van der Waals surface area contributed by atoms with Gasteiger partial charge in [-0.25, -0.2) is 4.98 Å². The Bertz CT molecular complexity index is 1030. The molecular weight excluding hydrogens is 300 g/mol. The van der Waals surface area contributed by atoms with Crippen molar-refractivity contribution in [2.45, 2.75) is 27.2 Å². The second-order valence-electron chi connectivity index (χ2n) is 6.11. The number of nitrogens with zero attached hydrogens (tertiary/aromatic N) is 3. The molecule has 3 heterocycles. The molecule has 5 heteroatoms. The van der Waals surface area contributed by atoms with E-state index in [4.69, 9.17) is 9.40 Å². The van der Waals surface area contributed by atoms with Crippen LogP contribution in [-0.4, -0.2) is 20.9 Å². The smallest absolute Gasteiger partial charge is 0.295 e. The van der Waals surface area contributed by atoms with Gasteiger partial charge < -0.3 is 14.1 Å². The number of nitrogens with one attached hydrogen (secondary N) is 1. The van der Waals surface area contributed by atoms with E-state index in [0.717, 1.165) is 46.7 Å². The van der Waals surface area contributed by atoms with E-state index in [1.807, 2.05) is 18.2 Å². The van der Waals surface area contributed by atoms with Gasteiger partial charge in [-0.2, -0.15) is 4.98 Å². The third-order valence-corrected chi connectivity index (χ3v) is 4.21. The minimum absolute atomic E-state index is 0.575. The molecule has 4 aromatic rings. The topological polar surface area (TPSA) is 55.4 Å². The second-order valence-corrected chi connectivity index (χ2v) is 6.11. The first kappa shape index (κ1) is 14.8. The molecule has 0 amide bonds. The van der Waals surface area contributed by atoms with E-state index < -0.39 is 0 Å². The number of anilines is 1. The molecule has 3 aromatic heterocycles. The number of rotatable bonds is 4. The number of pyridine rings is 1. The van der Waals surface area contributed by atoms with Crippen LogP contribution in [0, 0.1) is 13.8 Å². The molecule has 0 bridgehead atoms. The van der Waals surface area contributed by atoms with Crippen LogP contribution in [-0.2, 0) is 0 Å². The molecule has 122 valence electrons. The van der Waals surface area contributed by atoms with Gasteiger partial charge in [0.1, 0.15) is 11.2 Å². The Morgan fingerprint density at radius 2 is 2.00 bits per heavy atom. The Labute approximate surface area is 140 Å². The van der Waals surface area contributed by atoms with Crippen molar-refractivity contribution in [2.24, 2.45) is 0 Å². The molecule has 0 aliphatic heterocycles. The van der Waals surface area contributed by atoms with Gasteiger partial charge in [-0.3, -0.25) is 0 Å². The van der Waals surface area contributed by atoms with Gasteiger partial charge in [0.15, 0.2) is 5.58 Å². The molecule has 0 atom stereocenters. The van der Waals surface area contributed by atoms with E-state index in [0.29, 0.717) is 6.01 Å². The zero-order chi connectivity index (χ0) is 16.7. The predicted molar refractivity (Wildman–Crippen MR) is 96.4 cm³/mol. The van der Waals surface area contributed by atoms with Gasteiger partial charge in [0.25, 0.3) is 6.01 Å². The summed E-state index contributed by atoms with van der Waals surface area (Å²) in [5.74, 6) is 0. The minimum Gasteiger partial charge on any atom is -0.424 e. The molecule has 0 saturated carbocycles. The molecule has 0 unspecified atom stereocenters. The van der Waals surface area contributed by atoms with Crippen molar-refractivity contribution in [2.75, 3.05) is 11.9 Å². The number of aryl methyl sites for hydroxylation is 2. The Kier molecular flexibility index (Phi) is 3.49. The van der Waals surface area contributed by atoms with Crippen LogP contribution >= 0.6 is 0 Å². The van der Waals surface area contributed by atoms with Crippen molar-refractivity contribution in [3.05, 3.63) is 47.8 Å². The molecule has 0 aliphatic carbocycles. The Hall–Kier alpha value is -2.82. The van der Waals surface area contributed by atoms with E-state index in [1.165, 1.54) is 5.56 Å². The van der Waals surface area contributed by atoms with Crippen molar-refractivity contribution in [3.63, 3.8) is 0 Å². The number of benzene rings is 1. The summed E-state index contributed by atoms with van der Waals surface area (Å²) in [6.07, 6.45) is 3.10. The van der Waals surface area contributed by atoms with Gasteiger partial charge in [-0.15, -0.1) is 0 Å². The lowest BCUT2D eigenvalue weighted by atomic mass is 10.1. The zero-order valence-corrected chi connectivity index (χ0v) is 14.1. The largest absolute Gasteiger partial charge is 0.424 e. The number of aromatic nitrogens is 3. The Morgan fingerprint density at radius 1 is 1.12 bits per heavy atom. The predicted octanol–water partition coefficient (Wildman–Crippen LogP) is 4.58. The third kappa shape index (κ3) is 2.42. The van der Waals surface area contributed by atoms with Gasteiger partial charge in [0.2, 0.25) is 0 Å². The number of imidazole rings is 1. The van der Waals surface area contributed by atoms with Crippen LogP contribution in [0.1, 0.15) is 24.6 Å². The van der Waals surface area contributed by atoms with E-state index in [1.54, 1.807) is 0 Å². The molecule has 0 fully saturated rings. The summed E-state index contributed by atoms with van der Waals surface area (Å²) in [5, 5.41) is 3.18. The van der Waals surface area contributed by atoms with Crippen LogP contribution in [0.2, 0.25) is 0 Å². The van der Waals surface area contributed by atoms with Crippen molar-refractivity contribution < 1.29 is 4.42 Å². The molecule has 0 radical (unpaired) electrons. The summed E-state index contributed by atoms with van der Waals surface area (Å²) < 4.78 is 7.83. The van der Waals surface area contributed by atoms with Gasteiger partial charge in [0.05, 0.1) is 5.69 Å². The van der Waals surface area contributed by atoms with Crippen molar-refractivity contribution >= 4 is 22.8 Å². The van der Waals surface area contributed by atoms with E-state index in [2.05, 4.69) is 53.8 Å². The van der Waals surface area contributed by atoms with Gasteiger partial charge in [-0.05, 0) is 56.2 Å². The summed E-state index contributed by atoms with van der Waals surface area (Å²) >= 11 is 0. The standard InChI is InChI=1S/C19H20N4O/c1-4-8-20-19-21-15-11-14(5-6-16(15)24-19)18-13(3)23-9-7-12(2)10-17(23)22-18/h5-7,9-11H,4,8H2,1-3H3,(H,20,21). The highest BCUT2D eigenvalue weighted by atomic mass is 16.4. The fraction of sp³-hybridized carbons (Fsp3) is 0.263. The minimum atomic E-state index is 0.575. The molecule has 1 N–H and O–H groups in total. The highest BCUT2D eigenvalue weighted by Gasteiger charge is 2.13. The summed E-state index contributed by atoms with van der Waals surface area (Å²) in [4.78, 5) is 9.32. The summed E-state index contributed by atoms with van der Waals surface area (Å²) in [6, 6.07) is 10.8. The lowest BCUT2D eigenvalue weighted by Crippen LogP contribution is -1.98. The van der Waals surface area contributed by atoms with Gasteiger partial charge in [0, 0.05) is 24.0 Å². The maximum Gasteiger partial charge on any atom is 0.295 e. The SMILES string of the molecule is CCCNc1nc2cc(-c3nc4cc(C)ccn4c3C)ccc2o1. The van der Waals surface area contributed by atoms with Crippen molar-refractivity contribution in [3.8, 4) is 11.3 Å². The highest BCUT2D eigenvalue weighted by Crippen LogP contribution is 2.28. The summed E-state index contributed by atoms with van der Waals surface area (Å²) in [5.41, 5.74) is 6.96. The first-order valence-corrected chi connectivity index (χ1v) is 8.26. The summed E-state index contributed by atoms with van der Waals surface area (Å²) in [7, 11) is 0. The molecule has 0 spiro atoms. The zero-order valence-electron chi connectivity index (χ0n) is 14.1. The van der Waals surface area contributed by atoms with Crippen LogP contribution in [0.25, 0.3) is 28.0 Å². The van der Waals surface area contributed by atoms with Crippen LogP contribution in [0.3, 0.4) is 0 Å². The van der Waals surface area contributed by atoms with E-state index in [9.17, 15) is 0 Å². The maximum atomic E-state index is 5.72. The highest BCUT2D eigenvalue weighted by molar-refractivity contribution is 5.81. The first-order chi connectivity index (χ1) is 11.7. The average molecular weight is 320 g/mol. The molecule has 24 heavy (non-hydrogen) atoms. The number of fused-ring (bicyclic) bond motifs is 2. The molecule has 5 nitrogen and oxygen atoms in total. The molecular formula is C19H20N4O. The molecule has 0 aliphatic rings. The van der Waals surface area contributed by atoms with Crippen LogP contribution < -0.4 is 5.32 Å². The number of oxazole rings is 1. The lowest BCUT2D eigenvalue weighted by molar-refractivity contribution is 0.614. The quantitative estimate of drug-likeness (QED) is 0.598. The fourth-order valence-corrected chi connectivity index (χ4v) is 2.92. The van der Waals surface area contributed by atoms with E-state index in [-0.39, 0.29) is 0 Å². The third-order valence-electron chi connectivity index (χ3n) is 4.21. The normalized spacial score (nSPS) is 11.5. The van der Waals surface area contributed by atoms with Crippen LogP contribution in [0.15, 0.2) is 40.9 Å². The second kappa shape index (κ2) is 5.67. The Balaban J connectivity index is 1.79. The van der Waals surface area contributed by atoms with Crippen LogP contribution in [0.4, 0.5) is 6.01 Å².